The smallest absolute Gasteiger partial charge is 0.133 e. The third kappa shape index (κ3) is 1.95. The lowest BCUT2D eigenvalue weighted by molar-refractivity contribution is -0.990. The second-order valence-electron chi connectivity index (χ2n) is 5.21. The summed E-state index contributed by atoms with van der Waals surface area (Å²) in [4.78, 5) is 12.2. The normalized spacial score (nSPS) is 29.4. The third-order valence-electron chi connectivity index (χ3n) is 4.11. The van der Waals surface area contributed by atoms with Gasteiger partial charge in [-0.2, -0.15) is 0 Å². The molecule has 1 aliphatic carbocycles. The van der Waals surface area contributed by atoms with Crippen molar-refractivity contribution in [2.75, 3.05) is 6.54 Å². The molecule has 1 heterocycles. The average molecular weight is 231 g/mol. The Hall–Kier alpha value is -1.35. The molecule has 0 amide bonds. The van der Waals surface area contributed by atoms with Crippen LogP contribution in [-0.2, 0) is 4.79 Å². The van der Waals surface area contributed by atoms with E-state index in [0.29, 0.717) is 12.0 Å². The van der Waals surface area contributed by atoms with Gasteiger partial charge in [0.1, 0.15) is 12.1 Å². The van der Waals surface area contributed by atoms with E-state index >= 15 is 0 Å². The fourth-order valence-electron chi connectivity index (χ4n) is 2.98. The second kappa shape index (κ2) is 4.15. The minimum atomic E-state index is -0.882. The third-order valence-corrected chi connectivity index (χ3v) is 4.11. The number of carbonyl (C=O) groups is 1. The first-order chi connectivity index (χ1) is 8.27. The van der Waals surface area contributed by atoms with Crippen LogP contribution in [0.3, 0.4) is 0 Å². The molecule has 1 aliphatic heterocycles. The van der Waals surface area contributed by atoms with Gasteiger partial charge in [-0.1, -0.05) is 30.3 Å². The maximum Gasteiger partial charge on any atom is 0.133 e. The van der Waals surface area contributed by atoms with Crippen molar-refractivity contribution >= 4 is 5.97 Å². The average Bonchev–Trinajstić information content (AvgIpc) is 3.08. The molecule has 1 aromatic rings. The van der Waals surface area contributed by atoms with Crippen LogP contribution < -0.4 is 10.0 Å². The summed E-state index contributed by atoms with van der Waals surface area (Å²) in [5.74, 6) is -0.206. The fraction of sp³-hybridized carbons (Fsp3) is 0.500. The summed E-state index contributed by atoms with van der Waals surface area (Å²) in [5, 5.41) is 11.0. The first-order valence-electron chi connectivity index (χ1n) is 6.39. The highest BCUT2D eigenvalue weighted by molar-refractivity contribution is 5.70. The summed E-state index contributed by atoms with van der Waals surface area (Å²) in [6.07, 6.45) is 3.25. The molecule has 1 aromatic carbocycles. The molecule has 1 unspecified atom stereocenters. The van der Waals surface area contributed by atoms with E-state index in [9.17, 15) is 9.90 Å². The quantitative estimate of drug-likeness (QED) is 0.762. The van der Waals surface area contributed by atoms with Crippen LogP contribution >= 0.6 is 0 Å². The van der Waals surface area contributed by atoms with Crippen LogP contribution in [0.1, 0.15) is 30.9 Å². The number of carboxylic acids is 1. The second-order valence-corrected chi connectivity index (χ2v) is 5.21. The molecule has 17 heavy (non-hydrogen) atoms. The lowest BCUT2D eigenvalue weighted by Gasteiger charge is -2.43. The van der Waals surface area contributed by atoms with Gasteiger partial charge in [-0.05, 0) is 12.8 Å². The van der Waals surface area contributed by atoms with E-state index in [2.05, 4.69) is 12.1 Å². The Labute approximate surface area is 101 Å². The van der Waals surface area contributed by atoms with Crippen molar-refractivity contribution in [2.24, 2.45) is 5.92 Å². The molecular weight excluding hydrogens is 214 g/mol. The lowest BCUT2D eigenvalue weighted by atomic mass is 9.92. The first-order valence-corrected chi connectivity index (χ1v) is 6.39. The number of hydrogen-bond donors (Lipinski definition) is 1. The van der Waals surface area contributed by atoms with E-state index < -0.39 is 5.97 Å². The summed E-state index contributed by atoms with van der Waals surface area (Å²) < 4.78 is 0. The van der Waals surface area contributed by atoms with E-state index in [1.807, 2.05) is 18.2 Å². The van der Waals surface area contributed by atoms with Crippen LogP contribution in [-0.4, -0.2) is 18.6 Å². The van der Waals surface area contributed by atoms with Gasteiger partial charge in [-0.3, -0.25) is 0 Å². The van der Waals surface area contributed by atoms with E-state index in [4.69, 9.17) is 0 Å². The molecule has 3 rings (SSSR count). The molecule has 1 saturated carbocycles. The Balaban J connectivity index is 1.84. The molecule has 2 aliphatic rings. The van der Waals surface area contributed by atoms with Crippen LogP contribution in [0.4, 0.5) is 0 Å². The largest absolute Gasteiger partial charge is 0.544 e. The Morgan fingerprint density at radius 3 is 2.41 bits per heavy atom. The lowest BCUT2D eigenvalue weighted by Crippen LogP contribution is -3.23. The number of aliphatic carboxylic acids is 1. The maximum absolute atomic E-state index is 11.0. The van der Waals surface area contributed by atoms with Crippen molar-refractivity contribution in [3.8, 4) is 0 Å². The molecule has 0 bridgehead atoms. The van der Waals surface area contributed by atoms with E-state index in [0.717, 1.165) is 13.0 Å². The summed E-state index contributed by atoms with van der Waals surface area (Å²) in [6.45, 7) is 0.967. The van der Waals surface area contributed by atoms with Gasteiger partial charge in [0.15, 0.2) is 0 Å². The Morgan fingerprint density at radius 1 is 1.24 bits per heavy atom. The van der Waals surface area contributed by atoms with Gasteiger partial charge < -0.3 is 14.8 Å². The highest BCUT2D eigenvalue weighted by Gasteiger charge is 2.47. The highest BCUT2D eigenvalue weighted by Crippen LogP contribution is 2.40. The molecule has 1 N–H and O–H groups in total. The Kier molecular flexibility index (Phi) is 2.63. The van der Waals surface area contributed by atoms with Crippen LogP contribution in [0, 0.1) is 5.92 Å². The SMILES string of the molecule is O=C([O-])[C@H]1CC[NH+]1[C@H](c1ccccc1)C1CC1. The molecule has 90 valence electrons. The molecular formula is C14H17NO2. The van der Waals surface area contributed by atoms with Gasteiger partial charge in [0.25, 0.3) is 0 Å². The van der Waals surface area contributed by atoms with Gasteiger partial charge in [-0.25, -0.2) is 0 Å². The van der Waals surface area contributed by atoms with Crippen LogP contribution in [0.25, 0.3) is 0 Å². The molecule has 1 saturated heterocycles. The van der Waals surface area contributed by atoms with Crippen molar-refractivity contribution in [1.29, 1.82) is 0 Å². The van der Waals surface area contributed by atoms with Gasteiger partial charge in [0.05, 0.1) is 18.9 Å². The summed E-state index contributed by atoms with van der Waals surface area (Å²) in [5.41, 5.74) is 1.29. The maximum atomic E-state index is 11.0. The number of benzene rings is 1. The monoisotopic (exact) mass is 231 g/mol. The van der Waals surface area contributed by atoms with E-state index in [-0.39, 0.29) is 6.04 Å². The van der Waals surface area contributed by atoms with E-state index in [1.165, 1.54) is 23.3 Å². The number of hydrogen-bond acceptors (Lipinski definition) is 2. The zero-order valence-corrected chi connectivity index (χ0v) is 9.76. The zero-order valence-electron chi connectivity index (χ0n) is 9.76. The number of nitrogens with one attached hydrogen (secondary N) is 1. The Bertz CT molecular complexity index is 413. The molecule has 3 heteroatoms. The fourth-order valence-corrected chi connectivity index (χ4v) is 2.98. The van der Waals surface area contributed by atoms with Crippen molar-refractivity contribution < 1.29 is 14.8 Å². The standard InChI is InChI=1S/C14H17NO2/c16-14(17)12-8-9-15(12)13(11-6-7-11)10-4-2-1-3-5-10/h1-5,11-13H,6-9H2,(H,16,17)/t12-,13-/m1/s1. The predicted molar refractivity (Wildman–Crippen MR) is 61.1 cm³/mol. The molecule has 0 radical (unpaired) electrons. The summed E-state index contributed by atoms with van der Waals surface area (Å²) >= 11 is 0. The van der Waals surface area contributed by atoms with Gasteiger partial charge in [-0.15, -0.1) is 0 Å². The number of quaternary nitrogens is 1. The van der Waals surface area contributed by atoms with Gasteiger partial charge in [0, 0.05) is 11.5 Å². The summed E-state index contributed by atoms with van der Waals surface area (Å²) in [7, 11) is 0. The number of rotatable bonds is 4. The molecule has 3 nitrogen and oxygen atoms in total. The topological polar surface area (TPSA) is 44.6 Å². The van der Waals surface area contributed by atoms with Crippen molar-refractivity contribution in [3.05, 3.63) is 35.9 Å². The van der Waals surface area contributed by atoms with Crippen molar-refractivity contribution in [1.82, 2.24) is 0 Å². The predicted octanol–water partition coefficient (Wildman–Crippen LogP) is -0.455. The number of carbonyl (C=O) groups excluding carboxylic acids is 1. The first kappa shape index (κ1) is 10.8. The van der Waals surface area contributed by atoms with Crippen molar-refractivity contribution in [3.63, 3.8) is 0 Å². The van der Waals surface area contributed by atoms with Crippen LogP contribution in [0.5, 0.6) is 0 Å². The van der Waals surface area contributed by atoms with Gasteiger partial charge in [0.2, 0.25) is 0 Å². The molecule has 3 atom stereocenters. The number of likely N-dealkylation sites (tertiary alicyclic amines) is 1. The summed E-state index contributed by atoms with van der Waals surface area (Å²) in [6, 6.07) is 10.4. The molecule has 0 spiro atoms. The van der Waals surface area contributed by atoms with Crippen LogP contribution in [0.2, 0.25) is 0 Å². The Morgan fingerprint density at radius 2 is 1.94 bits per heavy atom. The molecule has 2 fully saturated rings. The minimum Gasteiger partial charge on any atom is -0.544 e. The van der Waals surface area contributed by atoms with Gasteiger partial charge >= 0.3 is 0 Å². The zero-order chi connectivity index (χ0) is 11.8. The van der Waals surface area contributed by atoms with Crippen LogP contribution in [0.15, 0.2) is 30.3 Å². The minimum absolute atomic E-state index is 0.291. The van der Waals surface area contributed by atoms with E-state index in [1.54, 1.807) is 0 Å². The highest BCUT2D eigenvalue weighted by atomic mass is 16.4. The molecule has 0 aromatic heterocycles. The number of carboxylic acid groups (broad SMARTS) is 1. The van der Waals surface area contributed by atoms with Crippen molar-refractivity contribution in [2.45, 2.75) is 31.3 Å².